The van der Waals surface area contributed by atoms with E-state index in [1.165, 1.54) is 12.1 Å². The zero-order valence-corrected chi connectivity index (χ0v) is 11.3. The SMILES string of the molecule is O=C(c1ccc(Cl)cc1F)N(CCCl)C1CCC1. The van der Waals surface area contributed by atoms with Gasteiger partial charge in [-0.2, -0.15) is 0 Å². The van der Waals surface area contributed by atoms with Crippen LogP contribution in [0.1, 0.15) is 29.6 Å². The summed E-state index contributed by atoms with van der Waals surface area (Å²) in [5.74, 6) is -0.516. The Bertz CT molecular complexity index is 449. The van der Waals surface area contributed by atoms with Crippen molar-refractivity contribution in [2.24, 2.45) is 0 Å². The van der Waals surface area contributed by atoms with Gasteiger partial charge in [-0.25, -0.2) is 4.39 Å². The molecule has 0 radical (unpaired) electrons. The van der Waals surface area contributed by atoms with Gasteiger partial charge in [-0.05, 0) is 37.5 Å². The summed E-state index contributed by atoms with van der Waals surface area (Å²) in [6.45, 7) is 0.452. The van der Waals surface area contributed by atoms with Crippen molar-refractivity contribution in [3.63, 3.8) is 0 Å². The van der Waals surface area contributed by atoms with Crippen LogP contribution >= 0.6 is 23.2 Å². The molecule has 0 N–H and O–H groups in total. The van der Waals surface area contributed by atoms with Crippen LogP contribution in [0, 0.1) is 5.82 Å². The van der Waals surface area contributed by atoms with E-state index in [9.17, 15) is 9.18 Å². The topological polar surface area (TPSA) is 20.3 Å². The predicted octanol–water partition coefficient (Wildman–Crippen LogP) is 3.71. The van der Waals surface area contributed by atoms with Crippen LogP contribution in [0.4, 0.5) is 4.39 Å². The van der Waals surface area contributed by atoms with E-state index in [1.54, 1.807) is 4.90 Å². The minimum absolute atomic E-state index is 0.0661. The number of amides is 1. The fraction of sp³-hybridized carbons (Fsp3) is 0.462. The van der Waals surface area contributed by atoms with E-state index in [4.69, 9.17) is 23.2 Å². The highest BCUT2D eigenvalue weighted by Crippen LogP contribution is 2.27. The number of hydrogen-bond donors (Lipinski definition) is 0. The van der Waals surface area contributed by atoms with Crippen molar-refractivity contribution in [2.75, 3.05) is 12.4 Å². The maximum atomic E-state index is 13.7. The van der Waals surface area contributed by atoms with Crippen molar-refractivity contribution >= 4 is 29.1 Å². The Morgan fingerprint density at radius 2 is 2.17 bits per heavy atom. The second-order valence-corrected chi connectivity index (χ2v) is 5.21. The van der Waals surface area contributed by atoms with E-state index in [-0.39, 0.29) is 22.5 Å². The highest BCUT2D eigenvalue weighted by Gasteiger charge is 2.30. The van der Waals surface area contributed by atoms with Gasteiger partial charge in [0, 0.05) is 23.5 Å². The van der Waals surface area contributed by atoms with Gasteiger partial charge in [-0.3, -0.25) is 4.79 Å². The lowest BCUT2D eigenvalue weighted by Gasteiger charge is -2.37. The molecule has 1 aliphatic carbocycles. The van der Waals surface area contributed by atoms with Gasteiger partial charge in [0.05, 0.1) is 5.56 Å². The Morgan fingerprint density at radius 3 is 2.67 bits per heavy atom. The third kappa shape index (κ3) is 2.78. The van der Waals surface area contributed by atoms with E-state index >= 15 is 0 Å². The van der Waals surface area contributed by atoms with Crippen LogP contribution in [0.5, 0.6) is 0 Å². The number of hydrogen-bond acceptors (Lipinski definition) is 1. The molecule has 1 saturated carbocycles. The van der Waals surface area contributed by atoms with Crippen LogP contribution in [0.25, 0.3) is 0 Å². The molecule has 0 saturated heterocycles. The molecular formula is C13H14Cl2FNO. The van der Waals surface area contributed by atoms with Gasteiger partial charge in [0.25, 0.3) is 5.91 Å². The van der Waals surface area contributed by atoms with Crippen molar-refractivity contribution < 1.29 is 9.18 Å². The Balaban J connectivity index is 2.21. The smallest absolute Gasteiger partial charge is 0.257 e. The van der Waals surface area contributed by atoms with Gasteiger partial charge in [0.1, 0.15) is 5.82 Å². The Labute approximate surface area is 116 Å². The second-order valence-electron chi connectivity index (χ2n) is 4.40. The molecule has 5 heteroatoms. The number of rotatable bonds is 4. The lowest BCUT2D eigenvalue weighted by Crippen LogP contribution is -2.45. The van der Waals surface area contributed by atoms with Crippen molar-refractivity contribution in [1.29, 1.82) is 0 Å². The van der Waals surface area contributed by atoms with Gasteiger partial charge in [-0.15, -0.1) is 11.6 Å². The van der Waals surface area contributed by atoms with Crippen molar-refractivity contribution in [2.45, 2.75) is 25.3 Å². The average Bonchev–Trinajstić information content (AvgIpc) is 2.25. The highest BCUT2D eigenvalue weighted by atomic mass is 35.5. The molecule has 0 atom stereocenters. The molecule has 2 rings (SSSR count). The molecule has 0 heterocycles. The summed E-state index contributed by atoms with van der Waals surface area (Å²) in [5, 5.41) is 0.289. The minimum atomic E-state index is -0.577. The van der Waals surface area contributed by atoms with Gasteiger partial charge in [0.2, 0.25) is 0 Å². The van der Waals surface area contributed by atoms with E-state index < -0.39 is 5.82 Å². The van der Waals surface area contributed by atoms with Crippen molar-refractivity contribution in [3.8, 4) is 0 Å². The lowest BCUT2D eigenvalue weighted by molar-refractivity contribution is 0.0593. The molecule has 2 nitrogen and oxygen atoms in total. The number of benzene rings is 1. The normalized spacial score (nSPS) is 15.3. The molecule has 98 valence electrons. The summed E-state index contributed by atoms with van der Waals surface area (Å²) in [7, 11) is 0. The van der Waals surface area contributed by atoms with Crippen LogP contribution in [-0.2, 0) is 0 Å². The standard InChI is InChI=1S/C13H14Cl2FNO/c14-6-7-17(10-2-1-3-10)13(18)11-5-4-9(15)8-12(11)16/h4-5,8,10H,1-3,6-7H2. The fourth-order valence-corrected chi connectivity index (χ4v) is 2.40. The first-order chi connectivity index (χ1) is 8.63. The molecular weight excluding hydrogens is 276 g/mol. The molecule has 1 aliphatic rings. The first kappa shape index (κ1) is 13.6. The summed E-state index contributed by atoms with van der Waals surface area (Å²) < 4.78 is 13.7. The Morgan fingerprint density at radius 1 is 1.44 bits per heavy atom. The van der Waals surface area contributed by atoms with Crippen molar-refractivity contribution in [3.05, 3.63) is 34.6 Å². The molecule has 0 aliphatic heterocycles. The fourth-order valence-electron chi connectivity index (χ4n) is 2.06. The molecule has 1 aromatic rings. The van der Waals surface area contributed by atoms with Crippen LogP contribution in [-0.4, -0.2) is 29.3 Å². The van der Waals surface area contributed by atoms with E-state index in [0.717, 1.165) is 25.3 Å². The molecule has 1 fully saturated rings. The molecule has 1 aromatic carbocycles. The number of halogens is 3. The molecule has 0 spiro atoms. The minimum Gasteiger partial charge on any atom is -0.334 e. The van der Waals surface area contributed by atoms with Crippen molar-refractivity contribution in [1.82, 2.24) is 4.90 Å². The number of nitrogens with zero attached hydrogens (tertiary/aromatic N) is 1. The molecule has 0 unspecified atom stereocenters. The first-order valence-electron chi connectivity index (χ1n) is 5.95. The van der Waals surface area contributed by atoms with E-state index in [2.05, 4.69) is 0 Å². The zero-order chi connectivity index (χ0) is 13.1. The summed E-state index contributed by atoms with van der Waals surface area (Å²) >= 11 is 11.4. The second kappa shape index (κ2) is 5.89. The molecule has 1 amide bonds. The first-order valence-corrected chi connectivity index (χ1v) is 6.86. The lowest BCUT2D eigenvalue weighted by atomic mass is 9.91. The third-order valence-corrected chi connectivity index (χ3v) is 3.67. The van der Waals surface area contributed by atoms with Crippen LogP contribution < -0.4 is 0 Å². The summed E-state index contributed by atoms with van der Waals surface area (Å²) in [4.78, 5) is 14.0. The van der Waals surface area contributed by atoms with Crippen LogP contribution in [0.15, 0.2) is 18.2 Å². The van der Waals surface area contributed by atoms with Gasteiger partial charge >= 0.3 is 0 Å². The maximum absolute atomic E-state index is 13.7. The van der Waals surface area contributed by atoms with Gasteiger partial charge in [0.15, 0.2) is 0 Å². The summed E-state index contributed by atoms with van der Waals surface area (Å²) in [5.41, 5.74) is 0.0661. The van der Waals surface area contributed by atoms with E-state index in [1.807, 2.05) is 0 Å². The number of carbonyl (C=O) groups is 1. The average molecular weight is 290 g/mol. The van der Waals surface area contributed by atoms with Crippen LogP contribution in [0.3, 0.4) is 0 Å². The van der Waals surface area contributed by atoms with E-state index in [0.29, 0.717) is 12.4 Å². The maximum Gasteiger partial charge on any atom is 0.257 e. The zero-order valence-electron chi connectivity index (χ0n) is 9.83. The quantitative estimate of drug-likeness (QED) is 0.774. The third-order valence-electron chi connectivity index (χ3n) is 3.26. The van der Waals surface area contributed by atoms with Gasteiger partial charge < -0.3 is 4.90 Å². The Hall–Kier alpha value is -0.800. The number of alkyl halides is 1. The Kier molecular flexibility index (Phi) is 4.46. The number of carbonyl (C=O) groups excluding carboxylic acids is 1. The monoisotopic (exact) mass is 289 g/mol. The van der Waals surface area contributed by atoms with Gasteiger partial charge in [-0.1, -0.05) is 11.6 Å². The summed E-state index contributed by atoms with van der Waals surface area (Å²) in [6, 6.07) is 4.32. The largest absolute Gasteiger partial charge is 0.334 e. The molecule has 18 heavy (non-hydrogen) atoms. The summed E-state index contributed by atoms with van der Waals surface area (Å²) in [6.07, 6.45) is 3.05. The predicted molar refractivity (Wildman–Crippen MR) is 70.8 cm³/mol. The highest BCUT2D eigenvalue weighted by molar-refractivity contribution is 6.30. The van der Waals surface area contributed by atoms with Crippen LogP contribution in [0.2, 0.25) is 5.02 Å². The molecule has 0 bridgehead atoms. The molecule has 0 aromatic heterocycles.